The van der Waals surface area contributed by atoms with Crippen LogP contribution in [0.1, 0.15) is 45.3 Å². The third-order valence-corrected chi connectivity index (χ3v) is 5.23. The molecular formula is C23H27ClF2N2O2. The van der Waals surface area contributed by atoms with Crippen molar-refractivity contribution in [1.82, 2.24) is 0 Å². The first-order valence-electron chi connectivity index (χ1n) is 10.0. The Balaban J connectivity index is 1.70. The predicted molar refractivity (Wildman–Crippen MR) is 116 cm³/mol. The van der Waals surface area contributed by atoms with Gasteiger partial charge >= 0.3 is 0 Å². The maximum atomic E-state index is 14.7. The fourth-order valence-corrected chi connectivity index (χ4v) is 3.75. The number of nitrogens with zero attached hydrogens (tertiary/aromatic N) is 1. The lowest BCUT2D eigenvalue weighted by atomic mass is 9.92. The molecule has 0 aliphatic carbocycles. The minimum absolute atomic E-state index is 0.00456. The van der Waals surface area contributed by atoms with Gasteiger partial charge in [0.2, 0.25) is 5.91 Å². The molecule has 0 unspecified atom stereocenters. The molecule has 1 aliphatic heterocycles. The number of anilines is 2. The lowest BCUT2D eigenvalue weighted by Crippen LogP contribution is -2.26. The smallest absolute Gasteiger partial charge is 0.225 e. The molecule has 0 radical (unpaired) electrons. The first-order chi connectivity index (χ1) is 14.1. The highest BCUT2D eigenvalue weighted by molar-refractivity contribution is 6.34. The number of hydrogen-bond donors (Lipinski definition) is 1. The highest BCUT2D eigenvalue weighted by atomic mass is 35.5. The standard InChI is InChI=1S/C23H27ClF2N2O2/c1-23(2,3)14-21(29)27-22-18(24)12-17(13-19(22)26)28-9-8-20(30-11-10-28)15-4-6-16(25)7-5-15/h4-7,12-13,20H,8-11,14H2,1-3H3,(H,27,29)/t20-/m0/s1. The molecule has 30 heavy (non-hydrogen) atoms. The monoisotopic (exact) mass is 436 g/mol. The van der Waals surface area contributed by atoms with Gasteiger partial charge in [-0.1, -0.05) is 44.5 Å². The average Bonchev–Trinajstić information content (AvgIpc) is 2.90. The Morgan fingerprint density at radius 2 is 1.90 bits per heavy atom. The zero-order valence-corrected chi connectivity index (χ0v) is 18.2. The number of carbonyl (C=O) groups is 1. The van der Waals surface area contributed by atoms with Crippen LogP contribution in [0.25, 0.3) is 0 Å². The van der Waals surface area contributed by atoms with Gasteiger partial charge in [-0.25, -0.2) is 8.78 Å². The number of benzene rings is 2. The van der Waals surface area contributed by atoms with Crippen LogP contribution in [0.5, 0.6) is 0 Å². The second-order valence-corrected chi connectivity index (χ2v) is 9.16. The maximum absolute atomic E-state index is 14.7. The summed E-state index contributed by atoms with van der Waals surface area (Å²) in [5.74, 6) is -1.13. The van der Waals surface area contributed by atoms with E-state index in [0.717, 1.165) is 5.56 Å². The van der Waals surface area contributed by atoms with E-state index in [2.05, 4.69) is 5.32 Å². The second-order valence-electron chi connectivity index (χ2n) is 8.76. The molecule has 2 aromatic rings. The van der Waals surface area contributed by atoms with Crippen molar-refractivity contribution in [3.8, 4) is 0 Å². The summed E-state index contributed by atoms with van der Waals surface area (Å²) in [5.41, 5.74) is 1.35. The highest BCUT2D eigenvalue weighted by Gasteiger charge is 2.22. The van der Waals surface area contributed by atoms with Crippen molar-refractivity contribution in [3.05, 3.63) is 58.6 Å². The molecule has 0 saturated carbocycles. The van der Waals surface area contributed by atoms with Gasteiger partial charge in [0.25, 0.3) is 0 Å². The molecule has 1 saturated heterocycles. The molecule has 7 heteroatoms. The Kier molecular flexibility index (Phi) is 6.98. The molecule has 1 amide bonds. The number of carbonyl (C=O) groups excluding carboxylic acids is 1. The summed E-state index contributed by atoms with van der Waals surface area (Å²) >= 11 is 6.30. The maximum Gasteiger partial charge on any atom is 0.225 e. The summed E-state index contributed by atoms with van der Waals surface area (Å²) in [7, 11) is 0. The van der Waals surface area contributed by atoms with Gasteiger partial charge in [0, 0.05) is 25.2 Å². The molecule has 0 bridgehead atoms. The highest BCUT2D eigenvalue weighted by Crippen LogP contribution is 2.33. The van der Waals surface area contributed by atoms with Crippen molar-refractivity contribution in [2.24, 2.45) is 5.41 Å². The van der Waals surface area contributed by atoms with Gasteiger partial charge in [-0.3, -0.25) is 4.79 Å². The van der Waals surface area contributed by atoms with E-state index in [1.54, 1.807) is 18.2 Å². The lowest BCUT2D eigenvalue weighted by molar-refractivity contribution is -0.117. The van der Waals surface area contributed by atoms with Gasteiger partial charge < -0.3 is 15.0 Å². The number of amides is 1. The van der Waals surface area contributed by atoms with Gasteiger partial charge in [-0.15, -0.1) is 0 Å². The summed E-state index contributed by atoms with van der Waals surface area (Å²) in [6.07, 6.45) is 0.792. The van der Waals surface area contributed by atoms with E-state index in [-0.39, 0.29) is 40.4 Å². The van der Waals surface area contributed by atoms with Crippen molar-refractivity contribution >= 4 is 28.9 Å². The van der Waals surface area contributed by atoms with E-state index in [1.165, 1.54) is 18.2 Å². The minimum Gasteiger partial charge on any atom is -0.372 e. The Hall–Kier alpha value is -2.18. The molecule has 1 N–H and O–H groups in total. The molecule has 3 rings (SSSR count). The van der Waals surface area contributed by atoms with Crippen LogP contribution in [0, 0.1) is 17.0 Å². The topological polar surface area (TPSA) is 41.6 Å². The van der Waals surface area contributed by atoms with Gasteiger partial charge in [0.15, 0.2) is 0 Å². The quantitative estimate of drug-likeness (QED) is 0.642. The normalized spacial score (nSPS) is 17.5. The van der Waals surface area contributed by atoms with Crippen LogP contribution in [0.3, 0.4) is 0 Å². The van der Waals surface area contributed by atoms with Crippen LogP contribution >= 0.6 is 11.6 Å². The third-order valence-electron chi connectivity index (χ3n) is 4.93. The van der Waals surface area contributed by atoms with Crippen molar-refractivity contribution in [3.63, 3.8) is 0 Å². The zero-order valence-electron chi connectivity index (χ0n) is 17.5. The first kappa shape index (κ1) is 22.5. The number of hydrogen-bond acceptors (Lipinski definition) is 3. The van der Waals surface area contributed by atoms with E-state index in [4.69, 9.17) is 16.3 Å². The zero-order chi connectivity index (χ0) is 21.9. The Labute approximate surface area is 181 Å². The number of nitrogens with one attached hydrogen (secondary N) is 1. The van der Waals surface area contributed by atoms with E-state index in [0.29, 0.717) is 31.8 Å². The molecule has 1 heterocycles. The lowest BCUT2D eigenvalue weighted by Gasteiger charge is -2.23. The Morgan fingerprint density at radius 3 is 2.53 bits per heavy atom. The SMILES string of the molecule is CC(C)(C)CC(=O)Nc1c(F)cc(N2CCO[C@H](c3ccc(F)cc3)CC2)cc1Cl. The molecular weight excluding hydrogens is 410 g/mol. The van der Waals surface area contributed by atoms with Crippen molar-refractivity contribution < 1.29 is 18.3 Å². The molecule has 4 nitrogen and oxygen atoms in total. The Bertz CT molecular complexity index is 874. The summed E-state index contributed by atoms with van der Waals surface area (Å²) in [5, 5.41) is 2.75. The third kappa shape index (κ3) is 5.92. The summed E-state index contributed by atoms with van der Waals surface area (Å²) in [4.78, 5) is 14.2. The van der Waals surface area contributed by atoms with Crippen LogP contribution in [0.4, 0.5) is 20.2 Å². The molecule has 162 valence electrons. The van der Waals surface area contributed by atoms with Gasteiger partial charge in [-0.05, 0) is 41.7 Å². The molecule has 0 spiro atoms. The second kappa shape index (κ2) is 9.31. The number of rotatable bonds is 4. The van der Waals surface area contributed by atoms with Crippen LogP contribution in [0.15, 0.2) is 36.4 Å². The molecule has 1 atom stereocenters. The molecule has 1 fully saturated rings. The average molecular weight is 437 g/mol. The van der Waals surface area contributed by atoms with Crippen LogP contribution < -0.4 is 10.2 Å². The number of ether oxygens (including phenoxy) is 1. The van der Waals surface area contributed by atoms with Crippen LogP contribution in [0.2, 0.25) is 5.02 Å². The van der Waals surface area contributed by atoms with Crippen molar-refractivity contribution in [2.45, 2.75) is 39.7 Å². The predicted octanol–water partition coefficient (Wildman–Crippen LogP) is 5.96. The largest absolute Gasteiger partial charge is 0.372 e. The van der Waals surface area contributed by atoms with Gasteiger partial charge in [0.1, 0.15) is 11.6 Å². The summed E-state index contributed by atoms with van der Waals surface area (Å²) in [6, 6.07) is 9.33. The number of halogens is 3. The van der Waals surface area contributed by atoms with E-state index in [9.17, 15) is 13.6 Å². The van der Waals surface area contributed by atoms with Crippen LogP contribution in [-0.4, -0.2) is 25.6 Å². The van der Waals surface area contributed by atoms with Gasteiger partial charge in [0.05, 0.1) is 23.4 Å². The van der Waals surface area contributed by atoms with Crippen molar-refractivity contribution in [1.29, 1.82) is 0 Å². The fourth-order valence-electron chi connectivity index (χ4n) is 3.50. The molecule has 0 aromatic heterocycles. The Morgan fingerprint density at radius 1 is 1.20 bits per heavy atom. The van der Waals surface area contributed by atoms with E-state index < -0.39 is 5.82 Å². The fraction of sp³-hybridized carbons (Fsp3) is 0.435. The summed E-state index contributed by atoms with van der Waals surface area (Å²) < 4.78 is 33.8. The molecule has 2 aromatic carbocycles. The molecule has 1 aliphatic rings. The first-order valence-corrected chi connectivity index (χ1v) is 10.4. The summed E-state index contributed by atoms with van der Waals surface area (Å²) in [6.45, 7) is 7.47. The minimum atomic E-state index is -0.569. The van der Waals surface area contributed by atoms with E-state index >= 15 is 0 Å². The van der Waals surface area contributed by atoms with Gasteiger partial charge in [-0.2, -0.15) is 0 Å². The van der Waals surface area contributed by atoms with Crippen LogP contribution in [-0.2, 0) is 9.53 Å². The van der Waals surface area contributed by atoms with E-state index in [1.807, 2.05) is 25.7 Å². The van der Waals surface area contributed by atoms with Crippen molar-refractivity contribution in [2.75, 3.05) is 29.9 Å².